The van der Waals surface area contributed by atoms with Crippen molar-refractivity contribution in [2.45, 2.75) is 19.5 Å². The number of nitrogens with zero attached hydrogens (tertiary/aromatic N) is 1. The fraction of sp³-hybridized carbons (Fsp3) is 0.167. The number of nitrogens with one attached hydrogen (secondary N) is 1. The summed E-state index contributed by atoms with van der Waals surface area (Å²) in [6.45, 7) is 2.88. The number of pyridine rings is 1. The Balaban J connectivity index is 1.76. The Morgan fingerprint density at radius 1 is 1.05 bits per heavy atom. The lowest BCUT2D eigenvalue weighted by Gasteiger charge is -2.15. The van der Waals surface area contributed by atoms with E-state index in [9.17, 15) is 5.11 Å². The predicted molar refractivity (Wildman–Crippen MR) is 85.1 cm³/mol. The molecule has 0 aliphatic rings. The molecule has 2 aromatic carbocycles. The molecule has 1 heterocycles. The molecule has 0 bridgehead atoms. The Kier molecular flexibility index (Phi) is 3.84. The van der Waals surface area contributed by atoms with Gasteiger partial charge in [-0.2, -0.15) is 0 Å². The molecule has 0 amide bonds. The first-order chi connectivity index (χ1) is 10.2. The van der Waals surface area contributed by atoms with E-state index < -0.39 is 0 Å². The van der Waals surface area contributed by atoms with Crippen molar-refractivity contribution >= 4 is 10.9 Å². The van der Waals surface area contributed by atoms with Crippen LogP contribution in [0.1, 0.15) is 24.1 Å². The topological polar surface area (TPSA) is 45.2 Å². The van der Waals surface area contributed by atoms with E-state index in [2.05, 4.69) is 41.5 Å². The minimum absolute atomic E-state index is 0.213. The van der Waals surface area contributed by atoms with Crippen LogP contribution in [0.15, 0.2) is 60.8 Å². The van der Waals surface area contributed by atoms with Crippen molar-refractivity contribution in [1.82, 2.24) is 10.3 Å². The number of benzene rings is 2. The molecule has 0 saturated carbocycles. The van der Waals surface area contributed by atoms with Crippen LogP contribution in [0.4, 0.5) is 0 Å². The molecule has 1 atom stereocenters. The number of rotatable bonds is 4. The number of aromatic hydroxyl groups is 1. The quantitative estimate of drug-likeness (QED) is 0.763. The van der Waals surface area contributed by atoms with E-state index in [4.69, 9.17) is 0 Å². The summed E-state index contributed by atoms with van der Waals surface area (Å²) in [4.78, 5) is 4.47. The molecule has 2 N–H and O–H groups in total. The smallest absolute Gasteiger partial charge is 0.115 e. The second kappa shape index (κ2) is 5.94. The van der Waals surface area contributed by atoms with E-state index in [0.717, 1.165) is 23.0 Å². The average Bonchev–Trinajstić information content (AvgIpc) is 2.53. The Hall–Kier alpha value is -2.39. The Morgan fingerprint density at radius 2 is 1.81 bits per heavy atom. The lowest BCUT2D eigenvalue weighted by Crippen LogP contribution is -2.18. The third kappa shape index (κ3) is 3.03. The van der Waals surface area contributed by atoms with Crippen molar-refractivity contribution in [3.63, 3.8) is 0 Å². The zero-order valence-electron chi connectivity index (χ0n) is 12.0. The molecule has 1 aromatic heterocycles. The van der Waals surface area contributed by atoms with E-state index in [1.54, 1.807) is 12.1 Å². The molecule has 3 heteroatoms. The van der Waals surface area contributed by atoms with Crippen LogP contribution in [0.2, 0.25) is 0 Å². The van der Waals surface area contributed by atoms with E-state index >= 15 is 0 Å². The van der Waals surface area contributed by atoms with E-state index in [-0.39, 0.29) is 6.04 Å². The molecule has 0 saturated heterocycles. The third-order valence-electron chi connectivity index (χ3n) is 3.71. The van der Waals surface area contributed by atoms with Gasteiger partial charge < -0.3 is 10.4 Å². The van der Waals surface area contributed by atoms with E-state index in [0.29, 0.717) is 5.75 Å². The van der Waals surface area contributed by atoms with Gasteiger partial charge in [0.05, 0.1) is 5.52 Å². The molecule has 0 aliphatic heterocycles. The molecule has 3 nitrogen and oxygen atoms in total. The van der Waals surface area contributed by atoms with Gasteiger partial charge in [0.15, 0.2) is 0 Å². The highest BCUT2D eigenvalue weighted by atomic mass is 16.3. The molecule has 3 rings (SSSR count). The van der Waals surface area contributed by atoms with Crippen LogP contribution in [-0.2, 0) is 6.54 Å². The molecule has 0 radical (unpaired) electrons. The maximum Gasteiger partial charge on any atom is 0.115 e. The van der Waals surface area contributed by atoms with Crippen LogP contribution in [0.3, 0.4) is 0 Å². The standard InChI is InChI=1S/C18H18N2O/c1-13(14-7-9-17(21)10-8-14)20-12-16-5-2-4-15-6-3-11-19-18(15)16/h2-11,13,20-21H,12H2,1H3. The predicted octanol–water partition coefficient (Wildman–Crippen LogP) is 3.79. The van der Waals surface area contributed by atoms with Gasteiger partial charge in [-0.05, 0) is 36.2 Å². The van der Waals surface area contributed by atoms with Crippen molar-refractivity contribution < 1.29 is 5.11 Å². The summed E-state index contributed by atoms with van der Waals surface area (Å²) in [5.74, 6) is 0.296. The van der Waals surface area contributed by atoms with Crippen LogP contribution in [0.5, 0.6) is 5.75 Å². The third-order valence-corrected chi connectivity index (χ3v) is 3.71. The second-order valence-corrected chi connectivity index (χ2v) is 5.19. The monoisotopic (exact) mass is 278 g/mol. The Bertz CT molecular complexity index is 732. The molecule has 0 aliphatic carbocycles. The minimum atomic E-state index is 0.213. The second-order valence-electron chi connectivity index (χ2n) is 5.19. The van der Waals surface area contributed by atoms with Gasteiger partial charge in [0.2, 0.25) is 0 Å². The minimum Gasteiger partial charge on any atom is -0.508 e. The number of para-hydroxylation sites is 1. The maximum absolute atomic E-state index is 9.34. The summed E-state index contributed by atoms with van der Waals surface area (Å²) in [5.41, 5.74) is 3.39. The van der Waals surface area contributed by atoms with Gasteiger partial charge in [-0.3, -0.25) is 4.98 Å². The van der Waals surface area contributed by atoms with Crippen LogP contribution in [0, 0.1) is 0 Å². The van der Waals surface area contributed by atoms with Crippen LogP contribution >= 0.6 is 0 Å². The first kappa shape index (κ1) is 13.6. The molecule has 106 valence electrons. The lowest BCUT2D eigenvalue weighted by molar-refractivity contribution is 0.474. The van der Waals surface area contributed by atoms with Gasteiger partial charge in [-0.25, -0.2) is 0 Å². The molecule has 3 aromatic rings. The summed E-state index contributed by atoms with van der Waals surface area (Å²) >= 11 is 0. The molecular formula is C18H18N2O. The van der Waals surface area contributed by atoms with Crippen molar-refractivity contribution in [3.05, 3.63) is 71.9 Å². The molecule has 0 fully saturated rings. The van der Waals surface area contributed by atoms with Gasteiger partial charge in [0.25, 0.3) is 0 Å². The van der Waals surface area contributed by atoms with Gasteiger partial charge in [0, 0.05) is 24.2 Å². The molecular weight excluding hydrogens is 260 g/mol. The number of phenolic OH excluding ortho intramolecular Hbond substituents is 1. The zero-order valence-corrected chi connectivity index (χ0v) is 12.0. The Labute approximate surface area is 124 Å². The average molecular weight is 278 g/mol. The summed E-state index contributed by atoms with van der Waals surface area (Å²) in [7, 11) is 0. The van der Waals surface area contributed by atoms with Gasteiger partial charge in [-0.15, -0.1) is 0 Å². The van der Waals surface area contributed by atoms with Gasteiger partial charge >= 0.3 is 0 Å². The summed E-state index contributed by atoms with van der Waals surface area (Å²) in [6, 6.07) is 17.8. The summed E-state index contributed by atoms with van der Waals surface area (Å²) < 4.78 is 0. The number of hydrogen-bond acceptors (Lipinski definition) is 3. The van der Waals surface area contributed by atoms with Gasteiger partial charge in [0.1, 0.15) is 5.75 Å². The normalized spacial score (nSPS) is 12.4. The van der Waals surface area contributed by atoms with Crippen LogP contribution in [-0.4, -0.2) is 10.1 Å². The lowest BCUT2D eigenvalue weighted by atomic mass is 10.1. The maximum atomic E-state index is 9.34. The fourth-order valence-electron chi connectivity index (χ4n) is 2.45. The number of aromatic nitrogens is 1. The molecule has 0 spiro atoms. The van der Waals surface area contributed by atoms with Crippen molar-refractivity contribution in [1.29, 1.82) is 0 Å². The summed E-state index contributed by atoms with van der Waals surface area (Å²) in [6.07, 6.45) is 1.83. The number of hydrogen-bond donors (Lipinski definition) is 2. The first-order valence-electron chi connectivity index (χ1n) is 7.09. The highest BCUT2D eigenvalue weighted by Gasteiger charge is 2.07. The van der Waals surface area contributed by atoms with Crippen LogP contribution < -0.4 is 5.32 Å². The number of phenols is 1. The fourth-order valence-corrected chi connectivity index (χ4v) is 2.45. The van der Waals surface area contributed by atoms with Crippen LogP contribution in [0.25, 0.3) is 10.9 Å². The molecule has 21 heavy (non-hydrogen) atoms. The largest absolute Gasteiger partial charge is 0.508 e. The van der Waals surface area contributed by atoms with E-state index in [1.165, 1.54) is 5.56 Å². The van der Waals surface area contributed by atoms with E-state index in [1.807, 2.05) is 24.4 Å². The van der Waals surface area contributed by atoms with Crippen molar-refractivity contribution in [2.75, 3.05) is 0 Å². The first-order valence-corrected chi connectivity index (χ1v) is 7.09. The SMILES string of the molecule is CC(NCc1cccc2cccnc12)c1ccc(O)cc1. The zero-order chi connectivity index (χ0) is 14.7. The molecule has 1 unspecified atom stereocenters. The van der Waals surface area contributed by atoms with Crippen molar-refractivity contribution in [2.24, 2.45) is 0 Å². The number of fused-ring (bicyclic) bond motifs is 1. The van der Waals surface area contributed by atoms with Crippen molar-refractivity contribution in [3.8, 4) is 5.75 Å². The highest BCUT2D eigenvalue weighted by Crippen LogP contribution is 2.19. The summed E-state index contributed by atoms with van der Waals surface area (Å²) in [5, 5.41) is 14.0. The highest BCUT2D eigenvalue weighted by molar-refractivity contribution is 5.81. The Morgan fingerprint density at radius 3 is 2.62 bits per heavy atom. The van der Waals surface area contributed by atoms with Gasteiger partial charge in [-0.1, -0.05) is 36.4 Å².